The Morgan fingerprint density at radius 3 is 2.18 bits per heavy atom. The van der Waals surface area contributed by atoms with Gasteiger partial charge in [-0.1, -0.05) is 89.7 Å². The molecule has 5 heterocycles. The maximum Gasteiger partial charge on any atom is 0.314 e. The summed E-state index contributed by atoms with van der Waals surface area (Å²) in [6.07, 6.45) is 32.6. The summed E-state index contributed by atoms with van der Waals surface area (Å²) in [5.74, 6) is -0.122. The highest BCUT2D eigenvalue weighted by molar-refractivity contribution is 5.76. The van der Waals surface area contributed by atoms with Gasteiger partial charge in [0.15, 0.2) is 0 Å². The van der Waals surface area contributed by atoms with Gasteiger partial charge in [0.05, 0.1) is 18.8 Å². The first-order valence-corrected chi connectivity index (χ1v) is 23.5. The van der Waals surface area contributed by atoms with Crippen molar-refractivity contribution in [2.75, 3.05) is 32.8 Å². The number of allylic oxidation sites excluding steroid dienone is 1. The van der Waals surface area contributed by atoms with Gasteiger partial charge in [-0.25, -0.2) is 0 Å². The Balaban J connectivity index is 0.933. The van der Waals surface area contributed by atoms with Gasteiger partial charge in [-0.2, -0.15) is 0 Å². The van der Waals surface area contributed by atoms with Crippen LogP contribution in [0.4, 0.5) is 0 Å². The predicted molar refractivity (Wildman–Crippen MR) is 224 cm³/mol. The van der Waals surface area contributed by atoms with E-state index in [4.69, 9.17) is 25.7 Å². The highest BCUT2D eigenvalue weighted by Crippen LogP contribution is 2.49. The first-order valence-electron chi connectivity index (χ1n) is 23.5. The Labute approximate surface area is 340 Å². The van der Waals surface area contributed by atoms with E-state index in [-0.39, 0.29) is 48.1 Å². The number of carbonyl (C=O) groups is 2. The van der Waals surface area contributed by atoms with Crippen molar-refractivity contribution in [2.45, 2.75) is 223 Å². The van der Waals surface area contributed by atoms with Crippen LogP contribution in [0.25, 0.3) is 0 Å². The molecule has 8 atom stereocenters. The number of nitrogens with zero attached hydrogens (tertiary/aromatic N) is 2. The zero-order valence-electron chi connectivity index (χ0n) is 35.6. The monoisotopic (exact) mass is 787 g/mol. The molecule has 5 aliphatic rings. The number of nitrogens with two attached hydrogens (primary N) is 2. The van der Waals surface area contributed by atoms with Crippen LogP contribution < -0.4 is 22.1 Å². The minimum absolute atomic E-state index is 0.0792. The summed E-state index contributed by atoms with van der Waals surface area (Å²) in [4.78, 5) is 31.3. The van der Waals surface area contributed by atoms with Crippen LogP contribution in [0, 0.1) is 5.92 Å². The van der Waals surface area contributed by atoms with Crippen molar-refractivity contribution in [1.82, 2.24) is 20.4 Å². The Morgan fingerprint density at radius 2 is 1.50 bits per heavy atom. The van der Waals surface area contributed by atoms with Crippen LogP contribution in [-0.4, -0.2) is 96.5 Å². The molecular weight excluding hydrogens is 705 g/mol. The lowest BCUT2D eigenvalue weighted by Crippen LogP contribution is -2.81. The van der Waals surface area contributed by atoms with Crippen LogP contribution in [0.2, 0.25) is 0 Å². The van der Waals surface area contributed by atoms with Gasteiger partial charge in [0.25, 0.3) is 0 Å². The lowest BCUT2D eigenvalue weighted by molar-refractivity contribution is -0.255. The van der Waals surface area contributed by atoms with Crippen LogP contribution in [0.3, 0.4) is 0 Å². The third-order valence-corrected chi connectivity index (χ3v) is 13.4. The van der Waals surface area contributed by atoms with Crippen LogP contribution in [0.15, 0.2) is 12.2 Å². The largest absolute Gasteiger partial charge is 0.465 e. The maximum atomic E-state index is 14.1. The zero-order chi connectivity index (χ0) is 39.6. The van der Waals surface area contributed by atoms with E-state index >= 15 is 0 Å². The van der Waals surface area contributed by atoms with E-state index < -0.39 is 5.72 Å². The molecule has 0 saturated carbocycles. The first kappa shape index (κ1) is 45.5. The van der Waals surface area contributed by atoms with Crippen molar-refractivity contribution in [3.63, 3.8) is 0 Å². The second-order valence-corrected chi connectivity index (χ2v) is 17.9. The van der Waals surface area contributed by atoms with E-state index in [0.717, 1.165) is 116 Å². The normalized spacial score (nSPS) is 31.4. The van der Waals surface area contributed by atoms with Crippen LogP contribution in [0.1, 0.15) is 181 Å². The summed E-state index contributed by atoms with van der Waals surface area (Å²) in [5, 5.41) is 7.85. The van der Waals surface area contributed by atoms with Crippen molar-refractivity contribution < 1.29 is 23.8 Å². The van der Waals surface area contributed by atoms with Gasteiger partial charge in [0.2, 0.25) is 5.91 Å². The lowest BCUT2D eigenvalue weighted by atomic mass is 9.79. The minimum atomic E-state index is -0.716. The Morgan fingerprint density at radius 1 is 0.821 bits per heavy atom. The summed E-state index contributed by atoms with van der Waals surface area (Å²) < 4.78 is 19.7. The van der Waals surface area contributed by atoms with E-state index in [9.17, 15) is 9.59 Å². The topological polar surface area (TPSA) is 144 Å². The fraction of sp³-hybridized carbons (Fsp3) is 0.911. The highest BCUT2D eigenvalue weighted by Gasteiger charge is 2.63. The smallest absolute Gasteiger partial charge is 0.314 e. The highest BCUT2D eigenvalue weighted by atomic mass is 16.6. The number of rotatable bonds is 25. The molecule has 4 fully saturated rings. The molecule has 0 aromatic heterocycles. The number of hydrogen-bond acceptors (Lipinski definition) is 10. The summed E-state index contributed by atoms with van der Waals surface area (Å²) >= 11 is 0. The van der Waals surface area contributed by atoms with E-state index in [2.05, 4.69) is 41.5 Å². The Bertz CT molecular complexity index is 1190. The van der Waals surface area contributed by atoms with Crippen LogP contribution in [0.5, 0.6) is 0 Å². The Kier molecular flexibility index (Phi) is 19.4. The van der Waals surface area contributed by atoms with E-state index in [1.54, 1.807) is 0 Å². The summed E-state index contributed by atoms with van der Waals surface area (Å²) in [5.41, 5.74) is 10.2. The molecule has 1 unspecified atom stereocenters. The predicted octanol–water partition coefficient (Wildman–Crippen LogP) is 7.36. The number of carbonyl (C=O) groups excluding carboxylic acids is 2. The molecule has 11 heteroatoms. The van der Waals surface area contributed by atoms with Crippen LogP contribution >= 0.6 is 0 Å². The molecule has 322 valence electrons. The molecule has 4 saturated heterocycles. The molecule has 0 aromatic rings. The average Bonchev–Trinajstić information content (AvgIpc) is 3.49. The summed E-state index contributed by atoms with van der Waals surface area (Å²) in [6.45, 7) is 7.75. The number of ether oxygens (including phenoxy) is 3. The number of unbranched alkanes of at least 4 members (excludes halogenated alkanes) is 13. The summed E-state index contributed by atoms with van der Waals surface area (Å²) in [6, 6.07) is 0.479. The standard InChI is InChI=1S/C45H82N6O5/c1-3-38-24-16-17-28-44(56-38)35-37-26-27-39-41(45(29-21-23-36(2)55-45)49-43(48-44)51(37)39)42(53)54-34-20-14-12-10-8-6-4-5-7-9-11-13-15-25-40(52)50(33-22-31-47)32-19-18-30-46/h16,24,36-39,41,43,48-49H,3-15,17-23,25-35,46-47H2,1-2H3/t36-,37+,38+,39-,41-,43?,44+,45-/m1/s1. The molecule has 0 radical (unpaired) electrons. The van der Waals surface area contributed by atoms with Crippen molar-refractivity contribution in [3.8, 4) is 0 Å². The molecule has 56 heavy (non-hydrogen) atoms. The van der Waals surface area contributed by atoms with E-state index in [1.165, 1.54) is 57.8 Å². The number of esters is 1. The van der Waals surface area contributed by atoms with Gasteiger partial charge >= 0.3 is 5.97 Å². The maximum absolute atomic E-state index is 14.1. The second kappa shape index (κ2) is 23.9. The molecule has 0 aromatic carbocycles. The molecule has 0 aliphatic carbocycles. The molecule has 1 amide bonds. The van der Waals surface area contributed by atoms with Gasteiger partial charge in [-0.15, -0.1) is 0 Å². The van der Waals surface area contributed by atoms with Gasteiger partial charge in [0, 0.05) is 38.0 Å². The van der Waals surface area contributed by atoms with Gasteiger partial charge in [-0.3, -0.25) is 25.1 Å². The molecular formula is C45H82N6O5. The van der Waals surface area contributed by atoms with Gasteiger partial charge < -0.3 is 30.6 Å². The quantitative estimate of drug-likeness (QED) is 0.0421. The SMILES string of the molecule is CC[C@H]1C=CCC[C@@]2(C[C@@H]3CC[C@@H]4[C@H](C(=O)OCCCCCCCCCCCCCCCC(=O)N(CCCN)CCCCN)[C@]5(CCC[C@@H](C)O5)NC(N2)N34)O1. The second-order valence-electron chi connectivity index (χ2n) is 17.9. The fourth-order valence-electron chi connectivity index (χ4n) is 10.5. The number of nitrogens with one attached hydrogen (secondary N) is 2. The first-order chi connectivity index (χ1) is 27.3. The van der Waals surface area contributed by atoms with E-state index in [0.29, 0.717) is 32.2 Å². The van der Waals surface area contributed by atoms with Crippen molar-refractivity contribution in [3.05, 3.63) is 12.2 Å². The zero-order valence-corrected chi connectivity index (χ0v) is 35.6. The average molecular weight is 787 g/mol. The minimum Gasteiger partial charge on any atom is -0.465 e. The van der Waals surface area contributed by atoms with Crippen molar-refractivity contribution in [2.24, 2.45) is 17.4 Å². The molecule has 11 nitrogen and oxygen atoms in total. The number of hydrogen-bond donors (Lipinski definition) is 4. The van der Waals surface area contributed by atoms with Crippen molar-refractivity contribution >= 4 is 11.9 Å². The van der Waals surface area contributed by atoms with Crippen LogP contribution in [-0.2, 0) is 23.8 Å². The van der Waals surface area contributed by atoms with Crippen molar-refractivity contribution in [1.29, 1.82) is 0 Å². The Hall–Kier alpha value is -1.60. The molecule has 6 N–H and O–H groups in total. The summed E-state index contributed by atoms with van der Waals surface area (Å²) in [7, 11) is 0. The lowest BCUT2D eigenvalue weighted by Gasteiger charge is -2.60. The molecule has 5 rings (SSSR count). The fourth-order valence-corrected chi connectivity index (χ4v) is 10.5. The molecule has 5 aliphatic heterocycles. The third-order valence-electron chi connectivity index (χ3n) is 13.4. The van der Waals surface area contributed by atoms with E-state index in [1.807, 2.05) is 4.90 Å². The molecule has 0 bridgehead atoms. The third kappa shape index (κ3) is 12.9. The van der Waals surface area contributed by atoms with Gasteiger partial charge in [-0.05, 0) is 103 Å². The number of amides is 1. The van der Waals surface area contributed by atoms with Gasteiger partial charge in [0.1, 0.15) is 23.7 Å². The molecule has 2 spiro atoms.